The van der Waals surface area contributed by atoms with Gasteiger partial charge in [-0.25, -0.2) is 0 Å². The molecule has 0 atom stereocenters. The first-order valence-corrected chi connectivity index (χ1v) is 7.79. The summed E-state index contributed by atoms with van der Waals surface area (Å²) in [6.45, 7) is 3.97. The molecular formula is C18H12Cl3NO. The van der Waals surface area contributed by atoms with Crippen LogP contribution in [0.2, 0.25) is 15.1 Å². The highest BCUT2D eigenvalue weighted by Gasteiger charge is 2.10. The average molecular weight is 365 g/mol. The second kappa shape index (κ2) is 8.08. The Kier molecular flexibility index (Phi) is 6.12. The molecule has 2 nitrogen and oxygen atoms in total. The summed E-state index contributed by atoms with van der Waals surface area (Å²) in [5.74, 6) is 0.604. The van der Waals surface area contributed by atoms with Crippen molar-refractivity contribution in [1.29, 1.82) is 5.26 Å². The van der Waals surface area contributed by atoms with E-state index in [1.54, 1.807) is 48.6 Å². The maximum absolute atomic E-state index is 9.47. The number of ether oxygens (including phenoxy) is 1. The molecule has 0 aliphatic rings. The second-order valence-electron chi connectivity index (χ2n) is 4.58. The summed E-state index contributed by atoms with van der Waals surface area (Å²) in [6.07, 6.45) is 3.32. The molecule has 0 N–H and O–H groups in total. The monoisotopic (exact) mass is 363 g/mol. The molecule has 0 saturated carbocycles. The zero-order chi connectivity index (χ0) is 16.8. The third kappa shape index (κ3) is 4.53. The van der Waals surface area contributed by atoms with Crippen molar-refractivity contribution >= 4 is 46.5 Å². The smallest absolute Gasteiger partial charge is 0.127 e. The lowest BCUT2D eigenvalue weighted by molar-refractivity contribution is 0.362. The van der Waals surface area contributed by atoms with E-state index >= 15 is 0 Å². The van der Waals surface area contributed by atoms with E-state index in [4.69, 9.17) is 39.5 Å². The number of allylic oxidation sites excluding steroid dienone is 1. The zero-order valence-electron chi connectivity index (χ0n) is 12.0. The Balaban J connectivity index is 2.51. The van der Waals surface area contributed by atoms with Gasteiger partial charge in [-0.15, -0.1) is 0 Å². The van der Waals surface area contributed by atoms with Crippen LogP contribution in [0.1, 0.15) is 11.1 Å². The van der Waals surface area contributed by atoms with Crippen molar-refractivity contribution in [1.82, 2.24) is 0 Å². The van der Waals surface area contributed by atoms with Gasteiger partial charge < -0.3 is 4.74 Å². The lowest BCUT2D eigenvalue weighted by Crippen LogP contribution is -1.95. The SMILES string of the molecule is C=CCOc1ccc(Cl)cc1/C=C(\C#N)c1ccc(Cl)cc1Cl. The van der Waals surface area contributed by atoms with Crippen LogP contribution in [0.5, 0.6) is 5.75 Å². The summed E-state index contributed by atoms with van der Waals surface area (Å²) in [7, 11) is 0. The van der Waals surface area contributed by atoms with Gasteiger partial charge >= 0.3 is 0 Å². The Bertz CT molecular complexity index is 806. The summed E-state index contributed by atoms with van der Waals surface area (Å²) in [4.78, 5) is 0. The standard InChI is InChI=1S/C18H12Cl3NO/c1-2-7-23-18-6-4-14(19)9-12(18)8-13(11-22)16-5-3-15(20)10-17(16)21/h2-6,8-10H,1,7H2/b13-8+. The predicted molar refractivity (Wildman–Crippen MR) is 97.1 cm³/mol. The molecule has 0 bridgehead atoms. The van der Waals surface area contributed by atoms with E-state index in [0.717, 1.165) is 0 Å². The van der Waals surface area contributed by atoms with Crippen LogP contribution < -0.4 is 4.74 Å². The first kappa shape index (κ1) is 17.4. The van der Waals surface area contributed by atoms with Gasteiger partial charge in [0.2, 0.25) is 0 Å². The third-order valence-corrected chi connectivity index (χ3v) is 3.75. The molecule has 0 fully saturated rings. The molecule has 0 aromatic heterocycles. The Morgan fingerprint density at radius 2 is 1.83 bits per heavy atom. The highest BCUT2D eigenvalue weighted by Crippen LogP contribution is 2.31. The van der Waals surface area contributed by atoms with Crippen LogP contribution in [0, 0.1) is 11.3 Å². The third-order valence-electron chi connectivity index (χ3n) is 2.97. The van der Waals surface area contributed by atoms with Gasteiger partial charge in [0, 0.05) is 21.2 Å². The van der Waals surface area contributed by atoms with Crippen LogP contribution in [0.4, 0.5) is 0 Å². The van der Waals surface area contributed by atoms with Gasteiger partial charge in [-0.1, -0.05) is 53.5 Å². The van der Waals surface area contributed by atoms with Crippen molar-refractivity contribution < 1.29 is 4.74 Å². The fourth-order valence-corrected chi connectivity index (χ4v) is 2.64. The highest BCUT2D eigenvalue weighted by molar-refractivity contribution is 6.36. The summed E-state index contributed by atoms with van der Waals surface area (Å²) in [5.41, 5.74) is 1.66. The van der Waals surface area contributed by atoms with Gasteiger partial charge in [-0.05, 0) is 36.4 Å². The van der Waals surface area contributed by atoms with Gasteiger partial charge in [0.1, 0.15) is 12.4 Å². The minimum Gasteiger partial charge on any atom is -0.489 e. The second-order valence-corrected chi connectivity index (χ2v) is 5.86. The quantitative estimate of drug-likeness (QED) is 0.355. The number of hydrogen-bond acceptors (Lipinski definition) is 2. The lowest BCUT2D eigenvalue weighted by Gasteiger charge is -2.09. The van der Waals surface area contributed by atoms with E-state index in [0.29, 0.717) is 44.1 Å². The van der Waals surface area contributed by atoms with Gasteiger partial charge in [0.05, 0.1) is 16.7 Å². The van der Waals surface area contributed by atoms with Crippen molar-refractivity contribution in [2.24, 2.45) is 0 Å². The summed E-state index contributed by atoms with van der Waals surface area (Å²) in [5, 5.41) is 10.9. The van der Waals surface area contributed by atoms with Crippen LogP contribution in [-0.2, 0) is 0 Å². The molecule has 116 valence electrons. The molecule has 0 amide bonds. The molecule has 0 unspecified atom stereocenters. The molecule has 0 spiro atoms. The van der Waals surface area contributed by atoms with Gasteiger partial charge in [0.25, 0.3) is 0 Å². The van der Waals surface area contributed by atoms with Crippen LogP contribution >= 0.6 is 34.8 Å². The fourth-order valence-electron chi connectivity index (χ4n) is 1.95. The molecule has 0 heterocycles. The van der Waals surface area contributed by atoms with Gasteiger partial charge in [-0.2, -0.15) is 5.26 Å². The number of hydrogen-bond donors (Lipinski definition) is 0. The highest BCUT2D eigenvalue weighted by atomic mass is 35.5. The molecule has 5 heteroatoms. The average Bonchev–Trinajstić information content (AvgIpc) is 2.52. The van der Waals surface area contributed by atoms with E-state index < -0.39 is 0 Å². The predicted octanol–water partition coefficient (Wildman–Crippen LogP) is 6.28. The molecule has 2 aromatic rings. The topological polar surface area (TPSA) is 33.0 Å². The van der Waals surface area contributed by atoms with E-state index in [9.17, 15) is 5.26 Å². The Labute approximate surface area is 150 Å². The van der Waals surface area contributed by atoms with Crippen LogP contribution in [0.25, 0.3) is 11.6 Å². The number of halogens is 3. The van der Waals surface area contributed by atoms with E-state index in [2.05, 4.69) is 12.6 Å². The van der Waals surface area contributed by atoms with E-state index in [-0.39, 0.29) is 0 Å². The Hall–Kier alpha value is -1.92. The molecule has 0 aliphatic carbocycles. The molecule has 0 aliphatic heterocycles. The van der Waals surface area contributed by atoms with Crippen LogP contribution in [0.15, 0.2) is 49.1 Å². The summed E-state index contributed by atoms with van der Waals surface area (Å²) < 4.78 is 5.59. The summed E-state index contributed by atoms with van der Waals surface area (Å²) in [6, 6.07) is 12.3. The molecule has 2 rings (SSSR count). The number of nitriles is 1. The minimum atomic E-state index is 0.353. The first-order chi connectivity index (χ1) is 11.0. The Morgan fingerprint density at radius 1 is 1.13 bits per heavy atom. The Morgan fingerprint density at radius 3 is 2.48 bits per heavy atom. The normalized spacial score (nSPS) is 11.0. The van der Waals surface area contributed by atoms with Crippen LogP contribution in [0.3, 0.4) is 0 Å². The molecular weight excluding hydrogens is 353 g/mol. The largest absolute Gasteiger partial charge is 0.489 e. The maximum atomic E-state index is 9.47. The lowest BCUT2D eigenvalue weighted by atomic mass is 10.0. The van der Waals surface area contributed by atoms with Gasteiger partial charge in [0.15, 0.2) is 0 Å². The van der Waals surface area contributed by atoms with Crippen molar-refractivity contribution in [3.8, 4) is 11.8 Å². The van der Waals surface area contributed by atoms with Crippen molar-refractivity contribution in [3.63, 3.8) is 0 Å². The molecule has 2 aromatic carbocycles. The van der Waals surface area contributed by atoms with E-state index in [1.807, 2.05) is 0 Å². The fraction of sp³-hybridized carbons (Fsp3) is 0.0556. The van der Waals surface area contributed by atoms with Gasteiger partial charge in [-0.3, -0.25) is 0 Å². The first-order valence-electron chi connectivity index (χ1n) is 6.65. The van der Waals surface area contributed by atoms with Crippen molar-refractivity contribution in [2.75, 3.05) is 6.61 Å². The van der Waals surface area contributed by atoms with E-state index in [1.165, 1.54) is 0 Å². The number of rotatable bonds is 5. The molecule has 0 radical (unpaired) electrons. The minimum absolute atomic E-state index is 0.353. The van der Waals surface area contributed by atoms with Crippen molar-refractivity contribution in [2.45, 2.75) is 0 Å². The number of nitrogens with zero attached hydrogens (tertiary/aromatic N) is 1. The van der Waals surface area contributed by atoms with Crippen molar-refractivity contribution in [3.05, 3.63) is 75.2 Å². The zero-order valence-corrected chi connectivity index (χ0v) is 14.3. The number of benzene rings is 2. The maximum Gasteiger partial charge on any atom is 0.127 e. The molecule has 23 heavy (non-hydrogen) atoms. The molecule has 0 saturated heterocycles. The van der Waals surface area contributed by atoms with Crippen LogP contribution in [-0.4, -0.2) is 6.61 Å². The summed E-state index contributed by atoms with van der Waals surface area (Å²) >= 11 is 18.1.